The largest absolute Gasteiger partial charge is 0.395 e. The third kappa shape index (κ3) is 3.83. The molecule has 0 aliphatic carbocycles. The summed E-state index contributed by atoms with van der Waals surface area (Å²) in [5.41, 5.74) is 1.05. The molecule has 1 aromatic heterocycles. The molecule has 2 amide bonds. The minimum Gasteiger partial charge on any atom is -0.395 e. The number of piperazine rings is 1. The third-order valence-corrected chi connectivity index (χ3v) is 5.63. The Labute approximate surface area is 157 Å². The standard InChI is InChI=1S/C18H25N3O4S/c1-25-12-3-5-21-17(23)15(14-4-2-13-26-14)16(18(21)24)20-8-6-19(7-9-20)10-11-22/h2,4,13,22H,3,5-12H2,1H3. The Balaban J connectivity index is 1.83. The average Bonchev–Trinajstić information content (AvgIpc) is 3.25. The van der Waals surface area contributed by atoms with Crippen molar-refractivity contribution >= 4 is 28.7 Å². The predicted molar refractivity (Wildman–Crippen MR) is 99.6 cm³/mol. The Morgan fingerprint density at radius 3 is 2.54 bits per heavy atom. The van der Waals surface area contributed by atoms with Gasteiger partial charge in [0.15, 0.2) is 0 Å². The summed E-state index contributed by atoms with van der Waals surface area (Å²) in [4.78, 5) is 32.4. The SMILES string of the molecule is COCCCN1C(=O)C(c2cccs2)=C(N2CCN(CCO)CC2)C1=O. The summed E-state index contributed by atoms with van der Waals surface area (Å²) in [6.45, 7) is 4.55. The Morgan fingerprint density at radius 1 is 1.15 bits per heavy atom. The molecule has 0 spiro atoms. The molecule has 2 aliphatic rings. The van der Waals surface area contributed by atoms with Crippen LogP contribution in [0.5, 0.6) is 0 Å². The van der Waals surface area contributed by atoms with Crippen molar-refractivity contribution in [1.82, 2.24) is 14.7 Å². The lowest BCUT2D eigenvalue weighted by atomic mass is 10.1. The number of hydrogen-bond donors (Lipinski definition) is 1. The molecule has 3 heterocycles. The first-order valence-corrected chi connectivity index (χ1v) is 9.76. The molecule has 26 heavy (non-hydrogen) atoms. The smallest absolute Gasteiger partial charge is 0.277 e. The second-order valence-electron chi connectivity index (χ2n) is 6.36. The second-order valence-corrected chi connectivity index (χ2v) is 7.31. The molecule has 0 aromatic carbocycles. The van der Waals surface area contributed by atoms with Crippen LogP contribution in [0.3, 0.4) is 0 Å². The highest BCUT2D eigenvalue weighted by atomic mass is 32.1. The zero-order chi connectivity index (χ0) is 18.5. The molecule has 0 radical (unpaired) electrons. The van der Waals surface area contributed by atoms with Crippen molar-refractivity contribution in [3.8, 4) is 0 Å². The van der Waals surface area contributed by atoms with Gasteiger partial charge in [-0.3, -0.25) is 19.4 Å². The molecule has 142 valence electrons. The summed E-state index contributed by atoms with van der Waals surface area (Å²) in [5, 5.41) is 11.0. The number of thiophene rings is 1. The van der Waals surface area contributed by atoms with Gasteiger partial charge in [-0.1, -0.05) is 6.07 Å². The molecule has 0 atom stereocenters. The average molecular weight is 379 g/mol. The summed E-state index contributed by atoms with van der Waals surface area (Å²) in [7, 11) is 1.61. The number of ether oxygens (including phenoxy) is 1. The van der Waals surface area contributed by atoms with Gasteiger partial charge in [-0.25, -0.2) is 0 Å². The maximum Gasteiger partial charge on any atom is 0.277 e. The number of aliphatic hydroxyl groups is 1. The van der Waals surface area contributed by atoms with Crippen molar-refractivity contribution < 1.29 is 19.4 Å². The summed E-state index contributed by atoms with van der Waals surface area (Å²) in [5.74, 6) is -0.411. The van der Waals surface area contributed by atoms with Gasteiger partial charge >= 0.3 is 0 Å². The second kappa shape index (κ2) is 8.77. The Kier molecular flexibility index (Phi) is 6.42. The number of amides is 2. The van der Waals surface area contributed by atoms with Crippen LogP contribution in [0.4, 0.5) is 0 Å². The fourth-order valence-electron chi connectivity index (χ4n) is 3.41. The molecule has 1 fully saturated rings. The maximum atomic E-state index is 13.0. The highest BCUT2D eigenvalue weighted by Crippen LogP contribution is 2.34. The van der Waals surface area contributed by atoms with Crippen molar-refractivity contribution in [2.75, 3.05) is 59.6 Å². The number of hydrogen-bond acceptors (Lipinski definition) is 7. The summed E-state index contributed by atoms with van der Waals surface area (Å²) >= 11 is 1.48. The van der Waals surface area contributed by atoms with Gasteiger partial charge in [-0.05, 0) is 17.9 Å². The molecule has 0 bridgehead atoms. The van der Waals surface area contributed by atoms with E-state index in [1.165, 1.54) is 16.2 Å². The van der Waals surface area contributed by atoms with Crippen molar-refractivity contribution in [2.45, 2.75) is 6.42 Å². The zero-order valence-electron chi connectivity index (χ0n) is 15.0. The van der Waals surface area contributed by atoms with Crippen LogP contribution in [0.1, 0.15) is 11.3 Å². The molecule has 7 nitrogen and oxygen atoms in total. The van der Waals surface area contributed by atoms with E-state index >= 15 is 0 Å². The van der Waals surface area contributed by atoms with E-state index in [1.54, 1.807) is 7.11 Å². The molecule has 1 saturated heterocycles. The zero-order valence-corrected chi connectivity index (χ0v) is 15.8. The van der Waals surface area contributed by atoms with Gasteiger partial charge in [0.25, 0.3) is 11.8 Å². The van der Waals surface area contributed by atoms with Crippen LogP contribution in [-0.2, 0) is 14.3 Å². The van der Waals surface area contributed by atoms with E-state index in [-0.39, 0.29) is 18.4 Å². The summed E-state index contributed by atoms with van der Waals surface area (Å²) in [6, 6.07) is 3.79. The number of nitrogens with zero attached hydrogens (tertiary/aromatic N) is 3. The van der Waals surface area contributed by atoms with Crippen molar-refractivity contribution in [3.05, 3.63) is 28.1 Å². The van der Waals surface area contributed by atoms with Crippen LogP contribution in [-0.4, -0.2) is 91.2 Å². The quantitative estimate of drug-likeness (QED) is 0.523. The monoisotopic (exact) mass is 379 g/mol. The topological polar surface area (TPSA) is 73.3 Å². The van der Waals surface area contributed by atoms with E-state index in [2.05, 4.69) is 4.90 Å². The van der Waals surface area contributed by atoms with Crippen LogP contribution in [0.25, 0.3) is 5.57 Å². The molecule has 2 aliphatic heterocycles. The van der Waals surface area contributed by atoms with E-state index in [0.29, 0.717) is 50.5 Å². The van der Waals surface area contributed by atoms with Gasteiger partial charge < -0.3 is 14.7 Å². The van der Waals surface area contributed by atoms with Gasteiger partial charge in [0.2, 0.25) is 0 Å². The number of methoxy groups -OCH3 is 1. The van der Waals surface area contributed by atoms with Crippen LogP contribution >= 0.6 is 11.3 Å². The number of β-amino-alcohol motifs (C(OH)–C–C–N with tert-alkyl or cyclic N) is 1. The van der Waals surface area contributed by atoms with E-state index in [4.69, 9.17) is 9.84 Å². The number of aliphatic hydroxyl groups excluding tert-OH is 1. The van der Waals surface area contributed by atoms with Gasteiger partial charge in [0, 0.05) is 57.9 Å². The Bertz CT molecular complexity index is 666. The number of carbonyl (C=O) groups is 2. The first-order chi connectivity index (χ1) is 12.7. The molecular formula is C18H25N3O4S. The van der Waals surface area contributed by atoms with E-state index in [9.17, 15) is 9.59 Å². The van der Waals surface area contributed by atoms with Crippen LogP contribution in [0.2, 0.25) is 0 Å². The Hall–Kier alpha value is -1.74. The van der Waals surface area contributed by atoms with Crippen molar-refractivity contribution in [2.24, 2.45) is 0 Å². The van der Waals surface area contributed by atoms with Crippen LogP contribution < -0.4 is 0 Å². The van der Waals surface area contributed by atoms with Crippen molar-refractivity contribution in [1.29, 1.82) is 0 Å². The lowest BCUT2D eigenvalue weighted by Gasteiger charge is -2.36. The lowest BCUT2D eigenvalue weighted by Crippen LogP contribution is -2.48. The van der Waals surface area contributed by atoms with E-state index < -0.39 is 0 Å². The molecule has 3 rings (SSSR count). The number of imide groups is 1. The fraction of sp³-hybridized carbons (Fsp3) is 0.556. The van der Waals surface area contributed by atoms with Crippen LogP contribution in [0, 0.1) is 0 Å². The summed E-state index contributed by atoms with van der Waals surface area (Å²) < 4.78 is 5.05. The van der Waals surface area contributed by atoms with Gasteiger partial charge in [0.1, 0.15) is 5.70 Å². The first kappa shape index (κ1) is 19.0. The normalized spacial score (nSPS) is 19.2. The van der Waals surface area contributed by atoms with Crippen LogP contribution in [0.15, 0.2) is 23.2 Å². The molecule has 8 heteroatoms. The molecule has 0 unspecified atom stereocenters. The van der Waals surface area contributed by atoms with Gasteiger partial charge in [0.05, 0.1) is 12.2 Å². The van der Waals surface area contributed by atoms with Gasteiger partial charge in [-0.2, -0.15) is 0 Å². The van der Waals surface area contributed by atoms with Gasteiger partial charge in [-0.15, -0.1) is 11.3 Å². The van der Waals surface area contributed by atoms with E-state index in [0.717, 1.165) is 18.0 Å². The minimum absolute atomic E-state index is 0.133. The van der Waals surface area contributed by atoms with E-state index in [1.807, 2.05) is 22.4 Å². The number of carbonyl (C=O) groups excluding carboxylic acids is 2. The lowest BCUT2D eigenvalue weighted by molar-refractivity contribution is -0.137. The third-order valence-electron chi connectivity index (χ3n) is 4.75. The van der Waals surface area contributed by atoms with Crippen molar-refractivity contribution in [3.63, 3.8) is 0 Å². The predicted octanol–water partition coefficient (Wildman–Crippen LogP) is 0.474. The maximum absolute atomic E-state index is 13.0. The number of rotatable bonds is 8. The molecule has 0 saturated carbocycles. The highest BCUT2D eigenvalue weighted by Gasteiger charge is 2.42. The molecule has 1 aromatic rings. The highest BCUT2D eigenvalue weighted by molar-refractivity contribution is 7.11. The molecule has 1 N–H and O–H groups in total. The fourth-order valence-corrected chi connectivity index (χ4v) is 4.17. The molecular weight excluding hydrogens is 354 g/mol. The summed E-state index contributed by atoms with van der Waals surface area (Å²) in [6.07, 6.45) is 0.628. The first-order valence-electron chi connectivity index (χ1n) is 8.88. The minimum atomic E-state index is -0.207. The Morgan fingerprint density at radius 2 is 1.92 bits per heavy atom.